The van der Waals surface area contributed by atoms with E-state index in [1.165, 1.54) is 6.08 Å². The molecule has 0 aliphatic carbocycles. The van der Waals surface area contributed by atoms with E-state index in [9.17, 15) is 0 Å². The van der Waals surface area contributed by atoms with Crippen molar-refractivity contribution in [3.05, 3.63) is 24.5 Å². The molecule has 1 N–H and O–H groups in total. The highest BCUT2D eigenvalue weighted by molar-refractivity contribution is 5.37. The lowest BCUT2D eigenvalue weighted by molar-refractivity contribution is 0.477. The van der Waals surface area contributed by atoms with Gasteiger partial charge in [0.05, 0.1) is 6.26 Å². The molecule has 0 aliphatic heterocycles. The van der Waals surface area contributed by atoms with Crippen molar-refractivity contribution in [2.24, 2.45) is 7.05 Å². The molecule has 0 fully saturated rings. The molecule has 0 atom stereocenters. The number of aryl methyl sites for hydroxylation is 1. The van der Waals surface area contributed by atoms with Crippen LogP contribution in [0.4, 0.5) is 0 Å². The fourth-order valence-corrected chi connectivity index (χ4v) is 0.604. The van der Waals surface area contributed by atoms with Gasteiger partial charge in [-0.15, -0.1) is 0 Å². The van der Waals surface area contributed by atoms with Crippen molar-refractivity contribution < 1.29 is 5.11 Å². The van der Waals surface area contributed by atoms with Crippen molar-refractivity contribution in [3.8, 4) is 0 Å². The molecule has 0 unspecified atom stereocenters. The summed E-state index contributed by atoms with van der Waals surface area (Å²) in [7, 11) is 1.86. The predicted octanol–water partition coefficient (Wildman–Crippen LogP) is 0.949. The Hall–Kier alpha value is -1.25. The van der Waals surface area contributed by atoms with Crippen LogP contribution in [-0.4, -0.2) is 14.7 Å². The summed E-state index contributed by atoms with van der Waals surface area (Å²) in [5, 5.41) is 8.33. The Labute approximate surface area is 53.3 Å². The fraction of sp³-hybridized carbons (Fsp3) is 0.167. The molecule has 0 aromatic carbocycles. The Morgan fingerprint density at radius 3 is 3.00 bits per heavy atom. The first-order chi connectivity index (χ1) is 4.34. The molecule has 0 saturated heterocycles. The van der Waals surface area contributed by atoms with Crippen molar-refractivity contribution in [2.45, 2.75) is 0 Å². The molecule has 48 valence electrons. The molecular weight excluding hydrogens is 116 g/mol. The van der Waals surface area contributed by atoms with E-state index < -0.39 is 0 Å². The zero-order valence-corrected chi connectivity index (χ0v) is 5.15. The van der Waals surface area contributed by atoms with Gasteiger partial charge in [0.2, 0.25) is 0 Å². The summed E-state index contributed by atoms with van der Waals surface area (Å²) in [6.45, 7) is 0. The second-order valence-electron chi connectivity index (χ2n) is 1.71. The van der Waals surface area contributed by atoms with Gasteiger partial charge in [-0.25, -0.2) is 4.98 Å². The number of hydrogen-bond acceptors (Lipinski definition) is 2. The van der Waals surface area contributed by atoms with E-state index in [1.54, 1.807) is 6.20 Å². The number of imidazole rings is 1. The standard InChI is InChI=1S/C6H8N2O/c1-8-4-3-7-6(8)2-5-9/h2-5,9H,1H3. The SMILES string of the molecule is Cn1ccnc1C=CO. The molecule has 9 heavy (non-hydrogen) atoms. The van der Waals surface area contributed by atoms with Crippen LogP contribution in [0.5, 0.6) is 0 Å². The Kier molecular flexibility index (Phi) is 1.53. The molecule has 1 aromatic rings. The highest BCUT2D eigenvalue weighted by Crippen LogP contribution is 1.94. The minimum atomic E-state index is 0.748. The summed E-state index contributed by atoms with van der Waals surface area (Å²) in [6.07, 6.45) is 5.99. The number of hydrogen-bond donors (Lipinski definition) is 1. The van der Waals surface area contributed by atoms with E-state index in [-0.39, 0.29) is 0 Å². The number of aliphatic hydroxyl groups is 1. The third-order valence-corrected chi connectivity index (χ3v) is 1.08. The van der Waals surface area contributed by atoms with Gasteiger partial charge >= 0.3 is 0 Å². The van der Waals surface area contributed by atoms with Crippen molar-refractivity contribution in [1.29, 1.82) is 0 Å². The molecule has 0 saturated carbocycles. The third kappa shape index (κ3) is 1.10. The molecule has 0 amide bonds. The van der Waals surface area contributed by atoms with Crippen molar-refractivity contribution in [2.75, 3.05) is 0 Å². The number of aliphatic hydroxyl groups excluding tert-OH is 1. The minimum absolute atomic E-state index is 0.748. The largest absolute Gasteiger partial charge is 0.515 e. The van der Waals surface area contributed by atoms with E-state index in [0.717, 1.165) is 12.1 Å². The molecule has 1 rings (SSSR count). The van der Waals surface area contributed by atoms with Gasteiger partial charge < -0.3 is 9.67 Å². The lowest BCUT2D eigenvalue weighted by Crippen LogP contribution is -1.88. The van der Waals surface area contributed by atoms with Gasteiger partial charge in [0.25, 0.3) is 0 Å². The normalized spacial score (nSPS) is 10.8. The Balaban J connectivity index is 2.94. The van der Waals surface area contributed by atoms with Crippen LogP contribution < -0.4 is 0 Å². The van der Waals surface area contributed by atoms with Gasteiger partial charge in [-0.3, -0.25) is 0 Å². The van der Waals surface area contributed by atoms with E-state index in [1.807, 2.05) is 17.8 Å². The Morgan fingerprint density at radius 2 is 2.56 bits per heavy atom. The van der Waals surface area contributed by atoms with E-state index in [2.05, 4.69) is 4.98 Å². The summed E-state index contributed by atoms with van der Waals surface area (Å²) in [5.74, 6) is 0.748. The molecule has 3 nitrogen and oxygen atoms in total. The number of aromatic nitrogens is 2. The number of nitrogens with zero attached hydrogens (tertiary/aromatic N) is 2. The van der Waals surface area contributed by atoms with E-state index >= 15 is 0 Å². The zero-order chi connectivity index (χ0) is 6.69. The molecule has 1 heterocycles. The minimum Gasteiger partial charge on any atom is -0.515 e. The summed E-state index contributed by atoms with van der Waals surface area (Å²) in [6, 6.07) is 0. The molecule has 0 radical (unpaired) electrons. The van der Waals surface area contributed by atoms with Crippen LogP contribution in [0.3, 0.4) is 0 Å². The lowest BCUT2D eigenvalue weighted by Gasteiger charge is -1.89. The van der Waals surface area contributed by atoms with Crippen LogP contribution in [-0.2, 0) is 7.05 Å². The van der Waals surface area contributed by atoms with Crippen LogP contribution >= 0.6 is 0 Å². The van der Waals surface area contributed by atoms with Gasteiger partial charge in [-0.1, -0.05) is 0 Å². The lowest BCUT2D eigenvalue weighted by atomic mass is 10.6. The summed E-state index contributed by atoms with van der Waals surface area (Å²) >= 11 is 0. The summed E-state index contributed by atoms with van der Waals surface area (Å²) in [5.41, 5.74) is 0. The maximum absolute atomic E-state index is 8.33. The maximum atomic E-state index is 8.33. The highest BCUT2D eigenvalue weighted by atomic mass is 16.2. The maximum Gasteiger partial charge on any atom is 0.135 e. The Morgan fingerprint density at radius 1 is 1.78 bits per heavy atom. The second kappa shape index (κ2) is 2.35. The van der Waals surface area contributed by atoms with Crippen LogP contribution in [0.1, 0.15) is 5.82 Å². The zero-order valence-electron chi connectivity index (χ0n) is 5.15. The fourth-order valence-electron chi connectivity index (χ4n) is 0.604. The molecule has 1 aromatic heterocycles. The average molecular weight is 124 g/mol. The van der Waals surface area contributed by atoms with Crippen LogP contribution in [0.25, 0.3) is 6.08 Å². The van der Waals surface area contributed by atoms with E-state index in [4.69, 9.17) is 5.11 Å². The highest BCUT2D eigenvalue weighted by Gasteiger charge is 1.89. The van der Waals surface area contributed by atoms with Crippen LogP contribution in [0, 0.1) is 0 Å². The van der Waals surface area contributed by atoms with Crippen molar-refractivity contribution in [1.82, 2.24) is 9.55 Å². The second-order valence-corrected chi connectivity index (χ2v) is 1.71. The van der Waals surface area contributed by atoms with Crippen LogP contribution in [0.2, 0.25) is 0 Å². The van der Waals surface area contributed by atoms with Crippen LogP contribution in [0.15, 0.2) is 18.7 Å². The van der Waals surface area contributed by atoms with E-state index in [0.29, 0.717) is 0 Å². The molecular formula is C6H8N2O. The van der Waals surface area contributed by atoms with Gasteiger partial charge in [0, 0.05) is 25.5 Å². The third-order valence-electron chi connectivity index (χ3n) is 1.08. The summed E-state index contributed by atoms with van der Waals surface area (Å²) in [4.78, 5) is 3.92. The first-order valence-electron chi connectivity index (χ1n) is 2.62. The van der Waals surface area contributed by atoms with Gasteiger partial charge in [0.1, 0.15) is 5.82 Å². The quantitative estimate of drug-likeness (QED) is 0.566. The Bertz CT molecular complexity index is 215. The van der Waals surface area contributed by atoms with Gasteiger partial charge in [-0.2, -0.15) is 0 Å². The number of rotatable bonds is 1. The first kappa shape index (κ1) is 5.88. The molecule has 0 bridgehead atoms. The predicted molar refractivity (Wildman–Crippen MR) is 34.9 cm³/mol. The van der Waals surface area contributed by atoms with Gasteiger partial charge in [-0.05, 0) is 0 Å². The van der Waals surface area contributed by atoms with Crippen molar-refractivity contribution >= 4 is 6.08 Å². The smallest absolute Gasteiger partial charge is 0.135 e. The van der Waals surface area contributed by atoms with Gasteiger partial charge in [0.15, 0.2) is 0 Å². The monoisotopic (exact) mass is 124 g/mol. The average Bonchev–Trinajstić information content (AvgIpc) is 2.18. The topological polar surface area (TPSA) is 38.0 Å². The molecule has 3 heteroatoms. The van der Waals surface area contributed by atoms with Crippen molar-refractivity contribution in [3.63, 3.8) is 0 Å². The summed E-state index contributed by atoms with van der Waals surface area (Å²) < 4.78 is 1.81. The first-order valence-corrected chi connectivity index (χ1v) is 2.62. The molecule has 0 spiro atoms. The molecule has 0 aliphatic rings.